The zero-order valence-corrected chi connectivity index (χ0v) is 19.3. The lowest BCUT2D eigenvalue weighted by atomic mass is 10.2. The van der Waals surface area contributed by atoms with E-state index in [-0.39, 0.29) is 29.8 Å². The molecule has 0 aliphatic carbocycles. The number of rotatable bonds is 8. The van der Waals surface area contributed by atoms with Crippen molar-refractivity contribution in [3.05, 3.63) is 88.1 Å². The molecule has 10 heteroatoms. The number of aromatic nitrogens is 3. The number of nitrogens with zero attached hydrogens (tertiary/aromatic N) is 3. The highest BCUT2D eigenvalue weighted by Crippen LogP contribution is 2.23. The molecule has 0 saturated carbocycles. The fourth-order valence-electron chi connectivity index (χ4n) is 3.07. The number of carbonyl (C=O) groups excluding carboxylic acids is 2. The minimum Gasteiger partial charge on any atom is -0.344 e. The van der Waals surface area contributed by atoms with Crippen molar-refractivity contribution >= 4 is 40.6 Å². The number of carbonyl (C=O) groups is 2. The molecule has 0 radical (unpaired) electrons. The first kappa shape index (κ1) is 22.7. The lowest BCUT2D eigenvalue weighted by molar-refractivity contribution is -0.113. The molecule has 168 valence electrons. The van der Waals surface area contributed by atoms with Gasteiger partial charge in [-0.1, -0.05) is 42.1 Å². The van der Waals surface area contributed by atoms with Crippen molar-refractivity contribution in [1.29, 1.82) is 0 Å². The maximum atomic E-state index is 13.8. The standard InChI is InChI=1S/C23H20FN5O2S2/c1-15-6-4-7-16(12-15)29-20(13-25-22(31)19-10-5-11-32-19)27-28-23(29)33-14-21(30)26-18-9-3-2-8-17(18)24/h2-12H,13-14H2,1H3,(H,25,31)(H,26,30). The van der Waals surface area contributed by atoms with Gasteiger partial charge in [0.05, 0.1) is 22.9 Å². The number of aryl methyl sites for hydroxylation is 1. The van der Waals surface area contributed by atoms with E-state index in [0.29, 0.717) is 15.9 Å². The maximum Gasteiger partial charge on any atom is 0.261 e. The highest BCUT2D eigenvalue weighted by molar-refractivity contribution is 7.99. The molecular formula is C23H20FN5O2S2. The number of amides is 2. The van der Waals surface area contributed by atoms with Gasteiger partial charge in [0.15, 0.2) is 11.0 Å². The van der Waals surface area contributed by atoms with Gasteiger partial charge in [-0.2, -0.15) is 0 Å². The Morgan fingerprint density at radius 1 is 1.09 bits per heavy atom. The molecule has 4 rings (SSSR count). The average molecular weight is 482 g/mol. The van der Waals surface area contributed by atoms with Crippen LogP contribution in [0.4, 0.5) is 10.1 Å². The van der Waals surface area contributed by atoms with Crippen LogP contribution in [-0.2, 0) is 11.3 Å². The summed E-state index contributed by atoms with van der Waals surface area (Å²) in [7, 11) is 0. The fraction of sp³-hybridized carbons (Fsp3) is 0.130. The van der Waals surface area contributed by atoms with Gasteiger partial charge in [-0.15, -0.1) is 21.5 Å². The van der Waals surface area contributed by atoms with E-state index in [1.54, 1.807) is 18.2 Å². The SMILES string of the molecule is Cc1cccc(-n2c(CNC(=O)c3cccs3)nnc2SCC(=O)Nc2ccccc2F)c1. The highest BCUT2D eigenvalue weighted by Gasteiger charge is 2.18. The number of para-hydroxylation sites is 1. The van der Waals surface area contributed by atoms with Gasteiger partial charge in [0, 0.05) is 5.69 Å². The molecule has 0 aliphatic rings. The Morgan fingerprint density at radius 2 is 1.94 bits per heavy atom. The van der Waals surface area contributed by atoms with Crippen molar-refractivity contribution in [2.45, 2.75) is 18.6 Å². The molecule has 0 saturated heterocycles. The summed E-state index contributed by atoms with van der Waals surface area (Å²) in [5, 5.41) is 16.2. The predicted molar refractivity (Wildman–Crippen MR) is 127 cm³/mol. The van der Waals surface area contributed by atoms with Gasteiger partial charge in [-0.3, -0.25) is 14.2 Å². The predicted octanol–water partition coefficient (Wildman–Crippen LogP) is 4.44. The van der Waals surface area contributed by atoms with E-state index in [1.165, 1.54) is 35.2 Å². The van der Waals surface area contributed by atoms with Crippen LogP contribution in [0.2, 0.25) is 0 Å². The number of thiophene rings is 1. The van der Waals surface area contributed by atoms with Crippen molar-refractivity contribution in [1.82, 2.24) is 20.1 Å². The maximum absolute atomic E-state index is 13.8. The normalized spacial score (nSPS) is 10.7. The summed E-state index contributed by atoms with van der Waals surface area (Å²) < 4.78 is 15.6. The molecule has 0 bridgehead atoms. The van der Waals surface area contributed by atoms with Gasteiger partial charge < -0.3 is 10.6 Å². The van der Waals surface area contributed by atoms with Gasteiger partial charge in [0.1, 0.15) is 5.82 Å². The summed E-state index contributed by atoms with van der Waals surface area (Å²) in [5.41, 5.74) is 1.99. The summed E-state index contributed by atoms with van der Waals surface area (Å²) in [4.78, 5) is 25.3. The Morgan fingerprint density at radius 3 is 2.70 bits per heavy atom. The summed E-state index contributed by atoms with van der Waals surface area (Å²) in [6.07, 6.45) is 0. The lowest BCUT2D eigenvalue weighted by Gasteiger charge is -2.12. The summed E-state index contributed by atoms with van der Waals surface area (Å²) in [5.74, 6) is -0.511. The third-order valence-electron chi connectivity index (χ3n) is 4.59. The summed E-state index contributed by atoms with van der Waals surface area (Å²) in [6.45, 7) is 2.14. The van der Waals surface area contributed by atoms with Crippen LogP contribution >= 0.6 is 23.1 Å². The van der Waals surface area contributed by atoms with Gasteiger partial charge in [0.2, 0.25) is 5.91 Å². The molecule has 33 heavy (non-hydrogen) atoms. The minimum absolute atomic E-state index is 0.0137. The Kier molecular flexibility index (Phi) is 7.16. The van der Waals surface area contributed by atoms with Crippen LogP contribution < -0.4 is 10.6 Å². The number of halogens is 1. The molecule has 0 unspecified atom stereocenters. The van der Waals surface area contributed by atoms with E-state index >= 15 is 0 Å². The van der Waals surface area contributed by atoms with Crippen LogP contribution in [0, 0.1) is 12.7 Å². The number of anilines is 1. The van der Waals surface area contributed by atoms with Crippen LogP contribution in [0.1, 0.15) is 21.1 Å². The second kappa shape index (κ2) is 10.4. The van der Waals surface area contributed by atoms with E-state index in [0.717, 1.165) is 11.3 Å². The smallest absolute Gasteiger partial charge is 0.261 e. The number of nitrogens with one attached hydrogen (secondary N) is 2. The summed E-state index contributed by atoms with van der Waals surface area (Å²) >= 11 is 2.53. The van der Waals surface area contributed by atoms with Crippen molar-refractivity contribution in [3.63, 3.8) is 0 Å². The van der Waals surface area contributed by atoms with Gasteiger partial charge in [-0.05, 0) is 48.2 Å². The van der Waals surface area contributed by atoms with Crippen LogP contribution in [0.25, 0.3) is 5.69 Å². The van der Waals surface area contributed by atoms with Crippen molar-refractivity contribution < 1.29 is 14.0 Å². The third-order valence-corrected chi connectivity index (χ3v) is 6.39. The first-order chi connectivity index (χ1) is 16.0. The molecule has 2 aromatic carbocycles. The minimum atomic E-state index is -0.498. The zero-order chi connectivity index (χ0) is 23.2. The molecule has 0 aliphatic heterocycles. The van der Waals surface area contributed by atoms with Gasteiger partial charge in [0.25, 0.3) is 5.91 Å². The van der Waals surface area contributed by atoms with Crippen LogP contribution in [-0.4, -0.2) is 32.3 Å². The molecule has 2 N–H and O–H groups in total. The summed E-state index contributed by atoms with van der Waals surface area (Å²) in [6, 6.07) is 17.3. The molecule has 0 fully saturated rings. The molecule has 2 amide bonds. The number of thioether (sulfide) groups is 1. The molecule has 2 aromatic heterocycles. The highest BCUT2D eigenvalue weighted by atomic mass is 32.2. The Bertz CT molecular complexity index is 1270. The van der Waals surface area contributed by atoms with Crippen LogP contribution in [0.15, 0.2) is 71.2 Å². The first-order valence-electron chi connectivity index (χ1n) is 10.0. The fourth-order valence-corrected chi connectivity index (χ4v) is 4.48. The van der Waals surface area contributed by atoms with Crippen molar-refractivity contribution in [2.75, 3.05) is 11.1 Å². The van der Waals surface area contributed by atoms with Gasteiger partial charge >= 0.3 is 0 Å². The van der Waals surface area contributed by atoms with E-state index in [4.69, 9.17) is 0 Å². The Labute approximate surface area is 198 Å². The topological polar surface area (TPSA) is 88.9 Å². The third kappa shape index (κ3) is 5.65. The Hall–Kier alpha value is -3.50. The second-order valence-electron chi connectivity index (χ2n) is 7.05. The van der Waals surface area contributed by atoms with E-state index in [1.807, 2.05) is 47.2 Å². The van der Waals surface area contributed by atoms with Gasteiger partial charge in [-0.25, -0.2) is 4.39 Å². The van der Waals surface area contributed by atoms with E-state index in [2.05, 4.69) is 20.8 Å². The average Bonchev–Trinajstić information content (AvgIpc) is 3.48. The second-order valence-corrected chi connectivity index (χ2v) is 8.94. The molecule has 4 aromatic rings. The largest absolute Gasteiger partial charge is 0.344 e. The molecule has 0 atom stereocenters. The Balaban J connectivity index is 1.51. The molecule has 2 heterocycles. The lowest BCUT2D eigenvalue weighted by Crippen LogP contribution is -2.24. The van der Waals surface area contributed by atoms with Crippen LogP contribution in [0.3, 0.4) is 0 Å². The quantitative estimate of drug-likeness (QED) is 0.363. The van der Waals surface area contributed by atoms with Crippen molar-refractivity contribution in [2.24, 2.45) is 0 Å². The monoisotopic (exact) mass is 481 g/mol. The van der Waals surface area contributed by atoms with E-state index in [9.17, 15) is 14.0 Å². The van der Waals surface area contributed by atoms with Crippen LogP contribution in [0.5, 0.6) is 0 Å². The first-order valence-corrected chi connectivity index (χ1v) is 11.9. The number of hydrogen-bond donors (Lipinski definition) is 2. The number of hydrogen-bond acceptors (Lipinski definition) is 6. The zero-order valence-electron chi connectivity index (χ0n) is 17.6. The van der Waals surface area contributed by atoms with E-state index < -0.39 is 5.82 Å². The molecular weight excluding hydrogens is 461 g/mol. The number of benzene rings is 2. The molecule has 0 spiro atoms. The molecule has 7 nitrogen and oxygen atoms in total. The van der Waals surface area contributed by atoms with Crippen molar-refractivity contribution in [3.8, 4) is 5.69 Å².